The number of carbonyl (C=O) groups is 1. The Bertz CT molecular complexity index is 1500. The van der Waals surface area contributed by atoms with Gasteiger partial charge in [-0.05, 0) is 92.8 Å². The molecule has 0 saturated carbocycles. The van der Waals surface area contributed by atoms with Crippen LogP contribution < -0.4 is 5.32 Å². The van der Waals surface area contributed by atoms with Crippen molar-refractivity contribution in [2.45, 2.75) is 60.8 Å². The minimum absolute atomic E-state index is 0.0692. The number of para-hydroxylation sites is 1. The fraction of sp³-hybridized carbons (Fsp3) is 0.333. The maximum atomic E-state index is 13.6. The Hall–Kier alpha value is -3.44. The Morgan fingerprint density at radius 1 is 1.05 bits per heavy atom. The highest BCUT2D eigenvalue weighted by Crippen LogP contribution is 2.45. The molecule has 4 nitrogen and oxygen atoms in total. The number of hydrogen-bond acceptors (Lipinski definition) is 3. The lowest BCUT2D eigenvalue weighted by Gasteiger charge is -2.33. The Labute approximate surface area is 230 Å². The van der Waals surface area contributed by atoms with Gasteiger partial charge in [-0.25, -0.2) is 4.99 Å². The molecule has 2 heterocycles. The smallest absolute Gasteiger partial charge is 0.259 e. The summed E-state index contributed by atoms with van der Waals surface area (Å²) < 4.78 is 2.27. The number of anilines is 1. The summed E-state index contributed by atoms with van der Waals surface area (Å²) in [5, 5.41) is 3.92. The normalized spacial score (nSPS) is 15.6. The fourth-order valence-electron chi connectivity index (χ4n) is 5.56. The summed E-state index contributed by atoms with van der Waals surface area (Å²) in [5.41, 5.74) is 8.72. The first-order valence-electron chi connectivity index (χ1n) is 13.4. The Morgan fingerprint density at radius 2 is 1.82 bits per heavy atom. The van der Waals surface area contributed by atoms with Crippen molar-refractivity contribution < 1.29 is 4.79 Å². The van der Waals surface area contributed by atoms with Gasteiger partial charge in [-0.15, -0.1) is 11.3 Å². The monoisotopic (exact) mass is 523 g/mol. The third-order valence-corrected chi connectivity index (χ3v) is 8.94. The van der Waals surface area contributed by atoms with Crippen LogP contribution in [-0.2, 0) is 12.8 Å². The highest BCUT2D eigenvalue weighted by molar-refractivity contribution is 7.16. The van der Waals surface area contributed by atoms with Gasteiger partial charge in [0.05, 0.1) is 5.56 Å². The van der Waals surface area contributed by atoms with Crippen molar-refractivity contribution >= 4 is 34.1 Å². The molecule has 0 fully saturated rings. The van der Waals surface area contributed by atoms with E-state index in [-0.39, 0.29) is 11.3 Å². The molecule has 0 bridgehead atoms. The minimum Gasteiger partial charge on any atom is -0.322 e. The quantitative estimate of drug-likeness (QED) is 0.262. The number of aromatic nitrogens is 1. The predicted octanol–water partition coefficient (Wildman–Crippen LogP) is 8.62. The van der Waals surface area contributed by atoms with Crippen LogP contribution >= 0.6 is 11.3 Å². The van der Waals surface area contributed by atoms with E-state index in [0.717, 1.165) is 58.2 Å². The summed E-state index contributed by atoms with van der Waals surface area (Å²) in [6.45, 7) is 13.3. The van der Waals surface area contributed by atoms with Crippen LogP contribution in [0.25, 0.3) is 5.69 Å². The summed E-state index contributed by atoms with van der Waals surface area (Å²) in [5.74, 6) is 0.532. The average Bonchev–Trinajstić information content (AvgIpc) is 3.38. The van der Waals surface area contributed by atoms with Crippen LogP contribution in [0, 0.1) is 32.1 Å². The first-order chi connectivity index (χ1) is 18.1. The van der Waals surface area contributed by atoms with Gasteiger partial charge in [-0.3, -0.25) is 4.79 Å². The molecular weight excluding hydrogens is 486 g/mol. The second kappa shape index (κ2) is 10.4. The molecule has 1 N–H and O–H groups in total. The first kappa shape index (κ1) is 26.2. The third-order valence-electron chi connectivity index (χ3n) is 7.78. The van der Waals surface area contributed by atoms with Gasteiger partial charge in [0, 0.05) is 39.4 Å². The van der Waals surface area contributed by atoms with Gasteiger partial charge < -0.3 is 9.88 Å². The minimum atomic E-state index is -0.0692. The molecule has 2 aromatic carbocycles. The van der Waals surface area contributed by atoms with E-state index in [4.69, 9.17) is 4.99 Å². The number of aryl methyl sites for hydroxylation is 2. The summed E-state index contributed by atoms with van der Waals surface area (Å²) >= 11 is 1.69. The van der Waals surface area contributed by atoms with Crippen molar-refractivity contribution in [1.29, 1.82) is 0 Å². The molecule has 5 heteroatoms. The van der Waals surface area contributed by atoms with Gasteiger partial charge >= 0.3 is 0 Å². The molecule has 2 aromatic heterocycles. The Balaban J connectivity index is 1.52. The van der Waals surface area contributed by atoms with Crippen molar-refractivity contribution in [2.24, 2.45) is 16.3 Å². The van der Waals surface area contributed by atoms with Gasteiger partial charge in [-0.1, -0.05) is 51.1 Å². The summed E-state index contributed by atoms with van der Waals surface area (Å²) in [6.07, 6.45) is 4.96. The largest absolute Gasteiger partial charge is 0.322 e. The van der Waals surface area contributed by atoms with Gasteiger partial charge in [-0.2, -0.15) is 0 Å². The Morgan fingerprint density at radius 3 is 2.53 bits per heavy atom. The number of benzene rings is 2. The standard InChI is InChI=1S/C33H37N3OS/c1-21-11-10-14-27(17-21)36-22(2)18-24(23(36)3)20-34-32-30(31(37)35-26-12-8-7-9-13-26)28-16-15-25(33(4,5)6)19-29(28)38-32/h7-14,17-18,20,25H,15-16,19H2,1-6H3,(H,35,37)/t25-/m1/s1. The molecule has 1 aliphatic rings. The van der Waals surface area contributed by atoms with Crippen molar-refractivity contribution in [2.75, 3.05) is 5.32 Å². The molecule has 5 rings (SSSR count). The number of amides is 1. The number of rotatable bonds is 5. The van der Waals surface area contributed by atoms with Crippen molar-refractivity contribution in [3.05, 3.63) is 99.2 Å². The SMILES string of the molecule is Cc1cccc(-n2c(C)cc(C=Nc3sc4c(c3C(=O)Nc3ccccc3)CC[C@@H](C(C)(C)C)C4)c2C)c1. The molecule has 1 atom stereocenters. The number of carbonyl (C=O) groups excluding carboxylic acids is 1. The van der Waals surface area contributed by atoms with Crippen LogP contribution in [0.15, 0.2) is 65.7 Å². The van der Waals surface area contributed by atoms with E-state index < -0.39 is 0 Å². The number of nitrogens with one attached hydrogen (secondary N) is 1. The number of nitrogens with zero attached hydrogens (tertiary/aromatic N) is 2. The number of hydrogen-bond donors (Lipinski definition) is 1. The molecule has 0 saturated heterocycles. The summed E-state index contributed by atoms with van der Waals surface area (Å²) in [4.78, 5) is 19.9. The average molecular weight is 524 g/mol. The number of aliphatic imine (C=N–C) groups is 1. The van der Waals surface area contributed by atoms with Gasteiger partial charge in [0.25, 0.3) is 5.91 Å². The lowest BCUT2D eigenvalue weighted by molar-refractivity contribution is 0.102. The van der Waals surface area contributed by atoms with Crippen LogP contribution in [0.5, 0.6) is 0 Å². The molecule has 1 amide bonds. The van der Waals surface area contributed by atoms with Gasteiger partial charge in [0.2, 0.25) is 0 Å². The van der Waals surface area contributed by atoms with Crippen LogP contribution in [0.3, 0.4) is 0 Å². The molecule has 1 aliphatic carbocycles. The fourth-order valence-corrected chi connectivity index (χ4v) is 6.83. The van der Waals surface area contributed by atoms with E-state index in [1.54, 1.807) is 11.3 Å². The maximum Gasteiger partial charge on any atom is 0.259 e. The zero-order chi connectivity index (χ0) is 27.0. The second-order valence-corrected chi connectivity index (χ2v) is 12.7. The molecule has 4 aromatic rings. The molecule has 0 radical (unpaired) electrons. The molecule has 196 valence electrons. The van der Waals surface area contributed by atoms with E-state index in [9.17, 15) is 4.79 Å². The third kappa shape index (κ3) is 5.25. The topological polar surface area (TPSA) is 46.4 Å². The predicted molar refractivity (Wildman–Crippen MR) is 161 cm³/mol. The van der Waals surface area contributed by atoms with Crippen molar-refractivity contribution in [3.8, 4) is 5.69 Å². The van der Waals surface area contributed by atoms with Crippen LogP contribution in [0.1, 0.15) is 70.5 Å². The molecule has 0 aliphatic heterocycles. The van der Waals surface area contributed by atoms with Gasteiger partial charge in [0.15, 0.2) is 0 Å². The van der Waals surface area contributed by atoms with E-state index in [2.05, 4.69) is 81.8 Å². The summed E-state index contributed by atoms with van der Waals surface area (Å²) in [6, 6.07) is 20.4. The first-order valence-corrected chi connectivity index (χ1v) is 14.2. The van der Waals surface area contributed by atoms with Crippen LogP contribution in [-0.4, -0.2) is 16.7 Å². The van der Waals surface area contributed by atoms with E-state index >= 15 is 0 Å². The lowest BCUT2D eigenvalue weighted by atomic mass is 9.72. The summed E-state index contributed by atoms with van der Waals surface area (Å²) in [7, 11) is 0. The van der Waals surface area contributed by atoms with Crippen molar-refractivity contribution in [1.82, 2.24) is 4.57 Å². The van der Waals surface area contributed by atoms with Crippen LogP contribution in [0.4, 0.5) is 10.7 Å². The zero-order valence-corrected chi connectivity index (χ0v) is 24.1. The highest BCUT2D eigenvalue weighted by atomic mass is 32.1. The zero-order valence-electron chi connectivity index (χ0n) is 23.3. The lowest BCUT2D eigenvalue weighted by Crippen LogP contribution is -2.27. The van der Waals surface area contributed by atoms with Crippen LogP contribution in [0.2, 0.25) is 0 Å². The maximum absolute atomic E-state index is 13.6. The second-order valence-electron chi connectivity index (χ2n) is 11.6. The Kier molecular flexibility index (Phi) is 7.15. The van der Waals surface area contributed by atoms with Gasteiger partial charge in [0.1, 0.15) is 5.00 Å². The van der Waals surface area contributed by atoms with Crippen molar-refractivity contribution in [3.63, 3.8) is 0 Å². The van der Waals surface area contributed by atoms with E-state index in [0.29, 0.717) is 5.92 Å². The highest BCUT2D eigenvalue weighted by Gasteiger charge is 2.33. The molecule has 38 heavy (non-hydrogen) atoms. The number of thiophene rings is 1. The molecular formula is C33H37N3OS. The molecule has 0 unspecified atom stereocenters. The van der Waals surface area contributed by atoms with E-state index in [1.807, 2.05) is 36.5 Å². The number of fused-ring (bicyclic) bond motifs is 1. The van der Waals surface area contributed by atoms with E-state index in [1.165, 1.54) is 16.0 Å². The molecule has 0 spiro atoms.